The van der Waals surface area contributed by atoms with Crippen LogP contribution in [0.2, 0.25) is 0 Å². The Bertz CT molecular complexity index is 690. The van der Waals surface area contributed by atoms with E-state index in [0.29, 0.717) is 6.42 Å². The van der Waals surface area contributed by atoms with E-state index in [0.717, 1.165) is 25.0 Å². The Morgan fingerprint density at radius 3 is 2.71 bits per heavy atom. The number of hydrogen-bond donors (Lipinski definition) is 2. The van der Waals surface area contributed by atoms with Crippen LogP contribution in [0.15, 0.2) is 23.1 Å². The van der Waals surface area contributed by atoms with Crippen molar-refractivity contribution < 1.29 is 18.1 Å². The standard InChI is InChI=1S/C12H15N3O5S/c13-7-1-3-10(15(16)17)12(5-7)21(18,19)14-9-6-8-2-4-11(9)20-8/h1,3,5,8-9,11,14H,2,4,6,13H2. The summed E-state index contributed by atoms with van der Waals surface area (Å²) in [4.78, 5) is 9.85. The number of nitrogens with zero attached hydrogens (tertiary/aromatic N) is 1. The van der Waals surface area contributed by atoms with Crippen LogP contribution in [-0.2, 0) is 14.8 Å². The predicted molar refractivity (Wildman–Crippen MR) is 74.1 cm³/mol. The molecule has 1 aromatic rings. The first-order valence-electron chi connectivity index (χ1n) is 6.58. The molecule has 0 saturated carbocycles. The van der Waals surface area contributed by atoms with Crippen molar-refractivity contribution >= 4 is 21.4 Å². The Balaban J connectivity index is 1.91. The van der Waals surface area contributed by atoms with E-state index in [1.54, 1.807) is 0 Å². The van der Waals surface area contributed by atoms with Gasteiger partial charge in [-0.15, -0.1) is 0 Å². The number of nitrogens with one attached hydrogen (secondary N) is 1. The Hall–Kier alpha value is -1.71. The van der Waals surface area contributed by atoms with Crippen LogP contribution in [-0.4, -0.2) is 31.6 Å². The summed E-state index contributed by atoms with van der Waals surface area (Å²) in [6.45, 7) is 0. The van der Waals surface area contributed by atoms with Gasteiger partial charge in [0, 0.05) is 11.8 Å². The molecule has 0 aromatic heterocycles. The molecular formula is C12H15N3O5S. The molecule has 3 rings (SSSR count). The number of sulfonamides is 1. The van der Waals surface area contributed by atoms with E-state index < -0.39 is 25.5 Å². The maximum atomic E-state index is 12.4. The number of anilines is 1. The van der Waals surface area contributed by atoms with Crippen molar-refractivity contribution in [3.63, 3.8) is 0 Å². The van der Waals surface area contributed by atoms with Crippen LogP contribution in [0.25, 0.3) is 0 Å². The molecule has 2 saturated heterocycles. The summed E-state index contributed by atoms with van der Waals surface area (Å²) in [6.07, 6.45) is 2.27. The van der Waals surface area contributed by atoms with Gasteiger partial charge in [-0.1, -0.05) is 0 Å². The number of rotatable bonds is 4. The molecule has 2 aliphatic heterocycles. The zero-order chi connectivity index (χ0) is 15.2. The van der Waals surface area contributed by atoms with E-state index in [1.807, 2.05) is 0 Å². The summed E-state index contributed by atoms with van der Waals surface area (Å²) >= 11 is 0. The summed E-state index contributed by atoms with van der Waals surface area (Å²) in [5.41, 5.74) is 5.23. The molecule has 3 unspecified atom stereocenters. The van der Waals surface area contributed by atoms with E-state index in [2.05, 4.69) is 4.72 Å². The number of ether oxygens (including phenoxy) is 1. The number of nitro groups is 1. The molecular weight excluding hydrogens is 298 g/mol. The van der Waals surface area contributed by atoms with E-state index in [1.165, 1.54) is 6.07 Å². The molecule has 0 radical (unpaired) electrons. The smallest absolute Gasteiger partial charge is 0.289 e. The second-order valence-corrected chi connectivity index (χ2v) is 7.00. The van der Waals surface area contributed by atoms with Crippen molar-refractivity contribution in [3.8, 4) is 0 Å². The number of nitro benzene ring substituents is 1. The number of hydrogen-bond acceptors (Lipinski definition) is 6. The highest BCUT2D eigenvalue weighted by atomic mass is 32.2. The van der Waals surface area contributed by atoms with Crippen molar-refractivity contribution in [2.24, 2.45) is 0 Å². The van der Waals surface area contributed by atoms with Crippen LogP contribution in [0.5, 0.6) is 0 Å². The zero-order valence-corrected chi connectivity index (χ0v) is 11.9. The van der Waals surface area contributed by atoms with Gasteiger partial charge in [-0.05, 0) is 31.4 Å². The molecule has 2 aliphatic rings. The topological polar surface area (TPSA) is 125 Å². The number of nitrogens with two attached hydrogens (primary N) is 1. The molecule has 114 valence electrons. The highest BCUT2D eigenvalue weighted by Gasteiger charge is 2.43. The fraction of sp³-hybridized carbons (Fsp3) is 0.500. The maximum absolute atomic E-state index is 12.4. The zero-order valence-electron chi connectivity index (χ0n) is 11.1. The molecule has 2 bridgehead atoms. The lowest BCUT2D eigenvalue weighted by molar-refractivity contribution is -0.387. The van der Waals surface area contributed by atoms with E-state index >= 15 is 0 Å². The Kier molecular flexibility index (Phi) is 3.34. The number of nitrogen functional groups attached to an aromatic ring is 1. The van der Waals surface area contributed by atoms with Gasteiger partial charge in [0.1, 0.15) is 0 Å². The molecule has 0 aliphatic carbocycles. The average Bonchev–Trinajstić information content (AvgIpc) is 3.00. The van der Waals surface area contributed by atoms with Gasteiger partial charge in [-0.25, -0.2) is 13.1 Å². The lowest BCUT2D eigenvalue weighted by Gasteiger charge is -2.20. The van der Waals surface area contributed by atoms with Crippen LogP contribution in [0.1, 0.15) is 19.3 Å². The van der Waals surface area contributed by atoms with Crippen LogP contribution < -0.4 is 10.5 Å². The minimum atomic E-state index is -4.02. The van der Waals surface area contributed by atoms with Crippen molar-refractivity contribution in [1.82, 2.24) is 4.72 Å². The third-order valence-electron chi connectivity index (χ3n) is 3.88. The quantitative estimate of drug-likeness (QED) is 0.480. The Labute approximate surface area is 121 Å². The molecule has 9 heteroatoms. The third-order valence-corrected chi connectivity index (χ3v) is 5.40. The highest BCUT2D eigenvalue weighted by Crippen LogP contribution is 2.35. The van der Waals surface area contributed by atoms with Crippen molar-refractivity contribution in [2.45, 2.75) is 42.4 Å². The first-order valence-corrected chi connectivity index (χ1v) is 8.07. The van der Waals surface area contributed by atoms with Crippen molar-refractivity contribution in [1.29, 1.82) is 0 Å². The largest absolute Gasteiger partial charge is 0.399 e. The first kappa shape index (κ1) is 14.2. The summed E-state index contributed by atoms with van der Waals surface area (Å²) in [6, 6.07) is 3.17. The minimum Gasteiger partial charge on any atom is -0.399 e. The average molecular weight is 313 g/mol. The van der Waals surface area contributed by atoms with Crippen LogP contribution in [0.4, 0.5) is 11.4 Å². The van der Waals surface area contributed by atoms with Gasteiger partial charge in [0.2, 0.25) is 10.0 Å². The van der Waals surface area contributed by atoms with Gasteiger partial charge in [0.25, 0.3) is 5.69 Å². The van der Waals surface area contributed by atoms with Gasteiger partial charge in [-0.3, -0.25) is 10.1 Å². The summed E-state index contributed by atoms with van der Waals surface area (Å²) in [7, 11) is -4.02. The molecule has 21 heavy (non-hydrogen) atoms. The van der Waals surface area contributed by atoms with Gasteiger partial charge >= 0.3 is 0 Å². The monoisotopic (exact) mass is 313 g/mol. The lowest BCUT2D eigenvalue weighted by atomic mass is 9.96. The maximum Gasteiger partial charge on any atom is 0.289 e. The third kappa shape index (κ3) is 2.59. The van der Waals surface area contributed by atoms with Gasteiger partial charge in [0.15, 0.2) is 4.90 Å². The molecule has 0 amide bonds. The first-order chi connectivity index (χ1) is 9.87. The van der Waals surface area contributed by atoms with Gasteiger partial charge in [-0.2, -0.15) is 0 Å². The molecule has 2 heterocycles. The van der Waals surface area contributed by atoms with Crippen molar-refractivity contribution in [3.05, 3.63) is 28.3 Å². The molecule has 0 spiro atoms. The van der Waals surface area contributed by atoms with Gasteiger partial charge < -0.3 is 10.5 Å². The summed E-state index contributed by atoms with van der Waals surface area (Å²) in [5, 5.41) is 11.0. The molecule has 2 fully saturated rings. The van der Waals surface area contributed by atoms with E-state index in [-0.39, 0.29) is 23.9 Å². The second kappa shape index (κ2) is 4.93. The highest BCUT2D eigenvalue weighted by molar-refractivity contribution is 7.89. The summed E-state index contributed by atoms with van der Waals surface area (Å²) in [5.74, 6) is 0. The number of benzene rings is 1. The molecule has 8 nitrogen and oxygen atoms in total. The predicted octanol–water partition coefficient (Wildman–Crippen LogP) is 0.775. The van der Waals surface area contributed by atoms with Crippen molar-refractivity contribution in [2.75, 3.05) is 5.73 Å². The normalized spacial score (nSPS) is 27.9. The molecule has 1 aromatic carbocycles. The van der Waals surface area contributed by atoms with Gasteiger partial charge in [0.05, 0.1) is 23.2 Å². The summed E-state index contributed by atoms with van der Waals surface area (Å²) < 4.78 is 32.9. The van der Waals surface area contributed by atoms with E-state index in [4.69, 9.17) is 10.5 Å². The Morgan fingerprint density at radius 1 is 1.38 bits per heavy atom. The fourth-order valence-electron chi connectivity index (χ4n) is 2.92. The van der Waals surface area contributed by atoms with Crippen LogP contribution >= 0.6 is 0 Å². The second-order valence-electron chi connectivity index (χ2n) is 5.32. The van der Waals surface area contributed by atoms with Crippen LogP contribution in [0, 0.1) is 10.1 Å². The van der Waals surface area contributed by atoms with Crippen LogP contribution in [0.3, 0.4) is 0 Å². The SMILES string of the molecule is Nc1ccc([N+](=O)[O-])c(S(=O)(=O)NC2CC3CCC2O3)c1. The lowest BCUT2D eigenvalue weighted by Crippen LogP contribution is -2.41. The number of fused-ring (bicyclic) bond motifs is 2. The Morgan fingerprint density at radius 2 is 2.14 bits per heavy atom. The minimum absolute atomic E-state index is 0.0820. The molecule has 3 N–H and O–H groups in total. The fourth-order valence-corrected chi connectivity index (χ4v) is 4.40. The molecule has 3 atom stereocenters. The van der Waals surface area contributed by atoms with E-state index in [9.17, 15) is 18.5 Å².